The molecule has 6 unspecified atom stereocenters. The van der Waals surface area contributed by atoms with E-state index in [0.29, 0.717) is 63.8 Å². The van der Waals surface area contributed by atoms with Crippen LogP contribution in [0.4, 0.5) is 0 Å². The maximum absolute atomic E-state index is 12.7. The summed E-state index contributed by atoms with van der Waals surface area (Å²) in [7, 11) is 0. The molecule has 0 spiro atoms. The summed E-state index contributed by atoms with van der Waals surface area (Å²) in [6, 6.07) is 0. The Morgan fingerprint density at radius 1 is 0.829 bits per heavy atom. The lowest BCUT2D eigenvalue weighted by Gasteiger charge is -2.70. The fourth-order valence-corrected chi connectivity index (χ4v) is 12.2. The molecule has 5 aliphatic carbocycles. The van der Waals surface area contributed by atoms with Crippen LogP contribution in [-0.4, -0.2) is 24.8 Å². The van der Waals surface area contributed by atoms with Crippen LogP contribution in [0.5, 0.6) is 0 Å². The molecule has 14 atom stereocenters. The maximum atomic E-state index is 12.7. The molecule has 0 aromatic carbocycles. The number of carbonyl (C=O) groups excluding carboxylic acids is 1. The summed E-state index contributed by atoms with van der Waals surface area (Å²) in [6.07, 6.45) is 16.6. The van der Waals surface area contributed by atoms with Crippen LogP contribution in [0.3, 0.4) is 0 Å². The van der Waals surface area contributed by atoms with Gasteiger partial charge in [0.05, 0.1) is 12.2 Å². The van der Waals surface area contributed by atoms with Crippen LogP contribution in [0.2, 0.25) is 0 Å². The van der Waals surface area contributed by atoms with E-state index in [4.69, 9.17) is 9.47 Å². The molecule has 0 N–H and O–H groups in total. The molecule has 1 saturated heterocycles. The number of hydrogen-bond donors (Lipinski definition) is 0. The average Bonchev–Trinajstić information content (AvgIpc) is 2.92. The van der Waals surface area contributed by atoms with Crippen molar-refractivity contribution in [2.24, 2.45) is 68.5 Å². The zero-order chi connectivity index (χ0) is 29.8. The second kappa shape index (κ2) is 9.92. The summed E-state index contributed by atoms with van der Waals surface area (Å²) in [6.45, 7) is 24.7. The molecule has 1 aliphatic heterocycles. The number of allylic oxidation sites excluding steroid dienone is 2. The molecule has 5 fully saturated rings. The molecule has 1 heterocycles. The van der Waals surface area contributed by atoms with Crippen molar-refractivity contribution in [3.63, 3.8) is 0 Å². The first-order valence-corrected chi connectivity index (χ1v) is 17.6. The third kappa shape index (κ3) is 4.27. The molecule has 3 heteroatoms. The zero-order valence-corrected chi connectivity index (χ0v) is 28.2. The Morgan fingerprint density at radius 3 is 2.24 bits per heavy atom. The smallest absolute Gasteiger partial charge is 0.161 e. The summed E-state index contributed by atoms with van der Waals surface area (Å²) in [5, 5.41) is 0. The SMILES string of the molecule is CC1O[C@@H](O[C@H]2CCC3(C)C4CC=C5C6CC(C)(C)CC[C@]6(C=O)CC[C@@]5(C)[C@@]4(C)CC[C@H]3C2C)C(C)[C@@H](C)[C@@H]1C. The summed E-state index contributed by atoms with van der Waals surface area (Å²) in [5.41, 5.74) is 2.76. The van der Waals surface area contributed by atoms with Gasteiger partial charge in [-0.3, -0.25) is 0 Å². The lowest BCUT2D eigenvalue weighted by atomic mass is 9.34. The average molecular weight is 567 g/mol. The van der Waals surface area contributed by atoms with Gasteiger partial charge in [0, 0.05) is 11.3 Å². The first-order chi connectivity index (χ1) is 19.1. The predicted molar refractivity (Wildman–Crippen MR) is 167 cm³/mol. The number of rotatable bonds is 3. The van der Waals surface area contributed by atoms with Gasteiger partial charge in [0.15, 0.2) is 6.29 Å². The largest absolute Gasteiger partial charge is 0.349 e. The maximum Gasteiger partial charge on any atom is 0.161 e. The van der Waals surface area contributed by atoms with E-state index in [2.05, 4.69) is 75.3 Å². The van der Waals surface area contributed by atoms with E-state index in [1.54, 1.807) is 5.57 Å². The van der Waals surface area contributed by atoms with E-state index in [0.717, 1.165) is 19.3 Å². The van der Waals surface area contributed by atoms with Gasteiger partial charge < -0.3 is 14.3 Å². The van der Waals surface area contributed by atoms with Crippen LogP contribution in [0.25, 0.3) is 0 Å². The summed E-state index contributed by atoms with van der Waals surface area (Å²) in [4.78, 5) is 12.7. The van der Waals surface area contributed by atoms with Crippen LogP contribution < -0.4 is 0 Å². The molecule has 4 saturated carbocycles. The van der Waals surface area contributed by atoms with Gasteiger partial charge in [-0.05, 0) is 128 Å². The molecule has 0 aromatic heterocycles. The summed E-state index contributed by atoms with van der Waals surface area (Å²) in [5.74, 6) is 4.05. The highest BCUT2D eigenvalue weighted by atomic mass is 16.7. The molecule has 0 amide bonds. The lowest BCUT2D eigenvalue weighted by molar-refractivity contribution is -0.281. The van der Waals surface area contributed by atoms with Gasteiger partial charge in [0.1, 0.15) is 6.29 Å². The zero-order valence-electron chi connectivity index (χ0n) is 28.2. The van der Waals surface area contributed by atoms with Gasteiger partial charge in [-0.2, -0.15) is 0 Å². The Hall–Kier alpha value is -0.670. The third-order valence-corrected chi connectivity index (χ3v) is 16.0. The highest BCUT2D eigenvalue weighted by Gasteiger charge is 2.67. The number of hydrogen-bond acceptors (Lipinski definition) is 3. The van der Waals surface area contributed by atoms with Gasteiger partial charge in [0.2, 0.25) is 0 Å². The van der Waals surface area contributed by atoms with Gasteiger partial charge >= 0.3 is 0 Å². The quantitative estimate of drug-likeness (QED) is 0.194. The van der Waals surface area contributed by atoms with Crippen molar-refractivity contribution in [1.82, 2.24) is 0 Å². The molecule has 41 heavy (non-hydrogen) atoms. The number of fused-ring (bicyclic) bond motifs is 7. The van der Waals surface area contributed by atoms with E-state index in [1.165, 1.54) is 51.2 Å². The van der Waals surface area contributed by atoms with Gasteiger partial charge in [0.25, 0.3) is 0 Å². The molecule has 6 aliphatic rings. The Morgan fingerprint density at radius 2 is 1.54 bits per heavy atom. The topological polar surface area (TPSA) is 35.5 Å². The van der Waals surface area contributed by atoms with Crippen LogP contribution in [-0.2, 0) is 14.3 Å². The van der Waals surface area contributed by atoms with E-state index in [1.807, 2.05) is 0 Å². The monoisotopic (exact) mass is 566 g/mol. The van der Waals surface area contributed by atoms with Crippen molar-refractivity contribution in [3.8, 4) is 0 Å². The second-order valence-corrected chi connectivity index (χ2v) is 18.0. The highest BCUT2D eigenvalue weighted by molar-refractivity contribution is 5.63. The normalized spacial score (nSPS) is 56.4. The Labute approximate surface area is 252 Å². The van der Waals surface area contributed by atoms with Gasteiger partial charge in [-0.15, -0.1) is 0 Å². The van der Waals surface area contributed by atoms with Gasteiger partial charge in [-0.1, -0.05) is 74.0 Å². The van der Waals surface area contributed by atoms with Crippen LogP contribution in [0, 0.1) is 68.5 Å². The molecule has 6 rings (SSSR count). The van der Waals surface area contributed by atoms with Crippen molar-refractivity contribution in [1.29, 1.82) is 0 Å². The number of ether oxygens (including phenoxy) is 2. The third-order valence-electron chi connectivity index (χ3n) is 16.0. The lowest BCUT2D eigenvalue weighted by Crippen LogP contribution is -2.63. The van der Waals surface area contributed by atoms with E-state index >= 15 is 0 Å². The Bertz CT molecular complexity index is 1060. The van der Waals surface area contributed by atoms with Crippen molar-refractivity contribution >= 4 is 6.29 Å². The van der Waals surface area contributed by atoms with Crippen LogP contribution >= 0.6 is 0 Å². The van der Waals surface area contributed by atoms with Crippen molar-refractivity contribution in [2.75, 3.05) is 0 Å². The van der Waals surface area contributed by atoms with Gasteiger partial charge in [-0.25, -0.2) is 0 Å². The highest BCUT2D eigenvalue weighted by Crippen LogP contribution is 2.74. The van der Waals surface area contributed by atoms with Crippen LogP contribution in [0.15, 0.2) is 11.6 Å². The van der Waals surface area contributed by atoms with E-state index in [9.17, 15) is 4.79 Å². The molecule has 3 nitrogen and oxygen atoms in total. The van der Waals surface area contributed by atoms with Crippen LogP contribution in [0.1, 0.15) is 133 Å². The Balaban J connectivity index is 1.26. The first-order valence-electron chi connectivity index (χ1n) is 17.6. The standard InChI is InChI=1S/C38H62O3/c1-23-24(2)27(5)40-33(25(23)3)41-31-14-15-35(8)28(26(31)4)13-16-37(10)32(35)12-11-29-30-21-34(6,7)17-19-38(30,22-39)20-18-36(29,37)9/h11,22-28,30-33H,12-21H2,1-10H3/t23-,24-,25?,26?,27?,28-,30?,31-,32?,33-,35?,36+,37-,38+/m0/s1. The second-order valence-electron chi connectivity index (χ2n) is 18.0. The minimum absolute atomic E-state index is 0.0685. The van der Waals surface area contributed by atoms with E-state index < -0.39 is 0 Å². The molecule has 0 radical (unpaired) electrons. The van der Waals surface area contributed by atoms with E-state index in [-0.39, 0.29) is 23.2 Å². The fourth-order valence-electron chi connectivity index (χ4n) is 12.2. The predicted octanol–water partition coefficient (Wildman–Crippen LogP) is 9.64. The first kappa shape index (κ1) is 30.4. The number of carbonyl (C=O) groups is 1. The molecular weight excluding hydrogens is 504 g/mol. The number of aldehydes is 1. The van der Waals surface area contributed by atoms with Crippen molar-refractivity contribution in [3.05, 3.63) is 11.6 Å². The summed E-state index contributed by atoms with van der Waals surface area (Å²) >= 11 is 0. The molecular formula is C38H62O3. The Kier molecular flexibility index (Phi) is 7.34. The van der Waals surface area contributed by atoms with Crippen molar-refractivity contribution < 1.29 is 14.3 Å². The molecule has 0 aromatic rings. The molecule has 232 valence electrons. The van der Waals surface area contributed by atoms with Crippen molar-refractivity contribution in [2.45, 2.75) is 152 Å². The minimum Gasteiger partial charge on any atom is -0.349 e. The summed E-state index contributed by atoms with van der Waals surface area (Å²) < 4.78 is 13.4. The minimum atomic E-state index is -0.111. The molecule has 0 bridgehead atoms. The fraction of sp³-hybridized carbons (Fsp3) is 0.921.